The van der Waals surface area contributed by atoms with Crippen LogP contribution >= 0.6 is 15.9 Å². The molecule has 0 fully saturated rings. The molecule has 2 rings (SSSR count). The topological polar surface area (TPSA) is 54.3 Å². The molecule has 2 aromatic carbocycles. The van der Waals surface area contributed by atoms with E-state index in [1.807, 2.05) is 36.4 Å². The molecule has 108 valence electrons. The number of rotatable bonds is 5. The molecular weight excluding hydrogens is 332 g/mol. The van der Waals surface area contributed by atoms with E-state index in [0.717, 1.165) is 15.7 Å². The number of ether oxygens (including phenoxy) is 2. The van der Waals surface area contributed by atoms with E-state index in [4.69, 9.17) is 9.47 Å². The highest BCUT2D eigenvalue weighted by Gasteiger charge is 2.18. The van der Waals surface area contributed by atoms with Crippen molar-refractivity contribution < 1.29 is 9.47 Å². The van der Waals surface area contributed by atoms with Gasteiger partial charge in [-0.05, 0) is 24.3 Å². The quantitative estimate of drug-likeness (QED) is 0.883. The number of hydrogen-bond donors (Lipinski definition) is 1. The summed E-state index contributed by atoms with van der Waals surface area (Å²) in [5.74, 6) is 1.17. The second kappa shape index (κ2) is 7.00. The van der Waals surface area contributed by atoms with Crippen LogP contribution in [0.3, 0.4) is 0 Å². The van der Waals surface area contributed by atoms with Gasteiger partial charge in [0.15, 0.2) is 11.5 Å². The predicted octanol–water partition coefficient (Wildman–Crippen LogP) is 4.14. The maximum atomic E-state index is 9.47. The molecule has 1 unspecified atom stereocenters. The Morgan fingerprint density at radius 2 is 1.90 bits per heavy atom. The van der Waals surface area contributed by atoms with Crippen molar-refractivity contribution in [1.29, 1.82) is 5.26 Å². The lowest BCUT2D eigenvalue weighted by molar-refractivity contribution is 0.351. The zero-order chi connectivity index (χ0) is 15.2. The summed E-state index contributed by atoms with van der Waals surface area (Å²) in [6.45, 7) is 0. The third kappa shape index (κ3) is 3.47. The minimum absolute atomic E-state index is 0.538. The van der Waals surface area contributed by atoms with Crippen molar-refractivity contribution in [2.24, 2.45) is 0 Å². The van der Waals surface area contributed by atoms with Crippen LogP contribution in [0.25, 0.3) is 0 Å². The molecule has 5 heteroatoms. The smallest absolute Gasteiger partial charge is 0.167 e. The summed E-state index contributed by atoms with van der Waals surface area (Å²) in [6, 6.07) is 14.9. The van der Waals surface area contributed by atoms with Crippen molar-refractivity contribution in [2.75, 3.05) is 19.5 Å². The normalized spacial score (nSPS) is 11.3. The van der Waals surface area contributed by atoms with Gasteiger partial charge in [0.1, 0.15) is 6.04 Å². The van der Waals surface area contributed by atoms with Crippen LogP contribution in [0.15, 0.2) is 46.9 Å². The number of para-hydroxylation sites is 1. The monoisotopic (exact) mass is 346 g/mol. The Labute approximate surface area is 132 Å². The summed E-state index contributed by atoms with van der Waals surface area (Å²) in [6.07, 6.45) is 0. The Balaban J connectivity index is 2.36. The lowest BCUT2D eigenvalue weighted by Gasteiger charge is -2.18. The van der Waals surface area contributed by atoms with E-state index in [0.29, 0.717) is 11.5 Å². The van der Waals surface area contributed by atoms with Gasteiger partial charge in [-0.15, -0.1) is 0 Å². The first-order chi connectivity index (χ1) is 10.2. The zero-order valence-corrected chi connectivity index (χ0v) is 13.3. The number of benzene rings is 2. The molecule has 0 amide bonds. The number of nitrogens with zero attached hydrogens (tertiary/aromatic N) is 1. The Morgan fingerprint density at radius 3 is 2.52 bits per heavy atom. The fourth-order valence-electron chi connectivity index (χ4n) is 2.06. The van der Waals surface area contributed by atoms with Crippen LogP contribution in [0.4, 0.5) is 5.69 Å². The van der Waals surface area contributed by atoms with E-state index in [9.17, 15) is 5.26 Å². The van der Waals surface area contributed by atoms with Crippen molar-refractivity contribution in [3.05, 3.63) is 52.5 Å². The van der Waals surface area contributed by atoms with Crippen LogP contribution in [0.1, 0.15) is 11.6 Å². The minimum Gasteiger partial charge on any atom is -0.493 e. The zero-order valence-electron chi connectivity index (χ0n) is 11.8. The van der Waals surface area contributed by atoms with E-state index in [2.05, 4.69) is 27.3 Å². The van der Waals surface area contributed by atoms with Crippen LogP contribution in [0.5, 0.6) is 11.5 Å². The van der Waals surface area contributed by atoms with Gasteiger partial charge in [-0.25, -0.2) is 0 Å². The summed E-state index contributed by atoms with van der Waals surface area (Å²) in [7, 11) is 3.14. The maximum absolute atomic E-state index is 9.47. The molecule has 0 aromatic heterocycles. The second-order valence-electron chi connectivity index (χ2n) is 4.30. The Morgan fingerprint density at radius 1 is 1.14 bits per heavy atom. The molecule has 0 spiro atoms. The number of anilines is 1. The lowest BCUT2D eigenvalue weighted by atomic mass is 10.1. The summed E-state index contributed by atoms with van der Waals surface area (Å²) in [5, 5.41) is 12.7. The highest BCUT2D eigenvalue weighted by Crippen LogP contribution is 2.35. The van der Waals surface area contributed by atoms with Gasteiger partial charge in [0.05, 0.1) is 20.3 Å². The summed E-state index contributed by atoms with van der Waals surface area (Å²) >= 11 is 3.41. The van der Waals surface area contributed by atoms with Crippen LogP contribution in [-0.2, 0) is 0 Å². The molecular formula is C16H15BrN2O2. The van der Waals surface area contributed by atoms with Crippen molar-refractivity contribution in [1.82, 2.24) is 0 Å². The second-order valence-corrected chi connectivity index (χ2v) is 5.22. The van der Waals surface area contributed by atoms with Crippen molar-refractivity contribution in [3.8, 4) is 17.6 Å². The molecule has 2 aromatic rings. The van der Waals surface area contributed by atoms with Gasteiger partial charge in [-0.1, -0.05) is 34.1 Å². The van der Waals surface area contributed by atoms with Crippen molar-refractivity contribution >= 4 is 21.6 Å². The van der Waals surface area contributed by atoms with E-state index >= 15 is 0 Å². The fourth-order valence-corrected chi connectivity index (χ4v) is 2.46. The van der Waals surface area contributed by atoms with Crippen molar-refractivity contribution in [3.63, 3.8) is 0 Å². The Hall–Kier alpha value is -2.19. The average Bonchev–Trinajstić information content (AvgIpc) is 2.51. The first-order valence-electron chi connectivity index (χ1n) is 6.32. The third-order valence-electron chi connectivity index (χ3n) is 3.01. The largest absolute Gasteiger partial charge is 0.493 e. The van der Waals surface area contributed by atoms with Gasteiger partial charge >= 0.3 is 0 Å². The fraction of sp³-hybridized carbons (Fsp3) is 0.188. The molecule has 21 heavy (non-hydrogen) atoms. The molecule has 0 saturated carbocycles. The molecule has 0 bridgehead atoms. The predicted molar refractivity (Wildman–Crippen MR) is 85.7 cm³/mol. The SMILES string of the molecule is COc1cccc(C(C#N)Nc2cccc(Br)c2)c1OC. The Kier molecular flexibility index (Phi) is 5.07. The number of methoxy groups -OCH3 is 2. The van der Waals surface area contributed by atoms with Crippen LogP contribution in [0.2, 0.25) is 0 Å². The summed E-state index contributed by atoms with van der Waals surface area (Å²) < 4.78 is 11.6. The lowest BCUT2D eigenvalue weighted by Crippen LogP contribution is -2.10. The first-order valence-corrected chi connectivity index (χ1v) is 7.11. The van der Waals surface area contributed by atoms with Gasteiger partial charge in [-0.2, -0.15) is 5.26 Å². The van der Waals surface area contributed by atoms with Gasteiger partial charge in [-0.3, -0.25) is 0 Å². The van der Waals surface area contributed by atoms with E-state index in [1.54, 1.807) is 20.3 Å². The highest BCUT2D eigenvalue weighted by atomic mass is 79.9. The molecule has 0 heterocycles. The third-order valence-corrected chi connectivity index (χ3v) is 3.50. The van der Waals surface area contributed by atoms with E-state index < -0.39 is 6.04 Å². The molecule has 1 N–H and O–H groups in total. The first kappa shape index (κ1) is 15.2. The minimum atomic E-state index is -0.538. The van der Waals surface area contributed by atoms with E-state index in [-0.39, 0.29) is 0 Å². The van der Waals surface area contributed by atoms with Gasteiger partial charge < -0.3 is 14.8 Å². The van der Waals surface area contributed by atoms with Gasteiger partial charge in [0, 0.05) is 15.7 Å². The summed E-state index contributed by atoms with van der Waals surface area (Å²) in [4.78, 5) is 0. The van der Waals surface area contributed by atoms with Crippen LogP contribution < -0.4 is 14.8 Å². The van der Waals surface area contributed by atoms with Crippen molar-refractivity contribution in [2.45, 2.75) is 6.04 Å². The standard InChI is InChI=1S/C16H15BrN2O2/c1-20-15-8-4-7-13(16(15)21-2)14(10-18)19-12-6-3-5-11(17)9-12/h3-9,14,19H,1-2H3. The molecule has 0 saturated heterocycles. The molecule has 0 aliphatic carbocycles. The Bertz CT molecular complexity index is 668. The number of nitrogens with one attached hydrogen (secondary N) is 1. The number of halogens is 1. The van der Waals surface area contributed by atoms with E-state index in [1.165, 1.54) is 0 Å². The highest BCUT2D eigenvalue weighted by molar-refractivity contribution is 9.10. The summed E-state index contributed by atoms with van der Waals surface area (Å²) in [5.41, 5.74) is 1.58. The van der Waals surface area contributed by atoms with Gasteiger partial charge in [0.25, 0.3) is 0 Å². The van der Waals surface area contributed by atoms with Crippen LogP contribution in [0, 0.1) is 11.3 Å². The molecule has 0 radical (unpaired) electrons. The number of hydrogen-bond acceptors (Lipinski definition) is 4. The molecule has 0 aliphatic rings. The van der Waals surface area contributed by atoms with Gasteiger partial charge in [0.2, 0.25) is 0 Å². The maximum Gasteiger partial charge on any atom is 0.167 e. The molecule has 0 aliphatic heterocycles. The average molecular weight is 347 g/mol. The molecule has 4 nitrogen and oxygen atoms in total. The van der Waals surface area contributed by atoms with Crippen LogP contribution in [-0.4, -0.2) is 14.2 Å². The molecule has 1 atom stereocenters. The number of nitriles is 1.